The second-order valence-electron chi connectivity index (χ2n) is 11.5. The average Bonchev–Trinajstić information content (AvgIpc) is 3.44. The molecule has 1 fully saturated rings. The number of carbonyl (C=O) groups excluding carboxylic acids is 2. The molecular weight excluding hydrogens is 526 g/mol. The van der Waals surface area contributed by atoms with Gasteiger partial charge in [-0.05, 0) is 81.8 Å². The Balaban J connectivity index is 1.26. The van der Waals surface area contributed by atoms with Crippen LogP contribution < -0.4 is 15.4 Å². The van der Waals surface area contributed by atoms with E-state index in [0.717, 1.165) is 24.0 Å². The molecule has 0 spiro atoms. The highest BCUT2D eigenvalue weighted by molar-refractivity contribution is 5.94. The predicted molar refractivity (Wildman–Crippen MR) is 150 cm³/mol. The van der Waals surface area contributed by atoms with Gasteiger partial charge >= 0.3 is 6.09 Å². The van der Waals surface area contributed by atoms with Crippen molar-refractivity contribution in [3.63, 3.8) is 0 Å². The van der Waals surface area contributed by atoms with Crippen LogP contribution in [0.3, 0.4) is 0 Å². The number of rotatable bonds is 9. The fourth-order valence-electron chi connectivity index (χ4n) is 4.85. The number of aliphatic hydroxyl groups is 1. The zero-order valence-electron chi connectivity index (χ0n) is 23.6. The first kappa shape index (κ1) is 28.4. The van der Waals surface area contributed by atoms with Crippen molar-refractivity contribution < 1.29 is 28.6 Å². The van der Waals surface area contributed by atoms with E-state index in [0.29, 0.717) is 35.4 Å². The lowest BCUT2D eigenvalue weighted by atomic mass is 9.91. The van der Waals surface area contributed by atoms with Crippen molar-refractivity contribution in [3.8, 4) is 5.75 Å². The van der Waals surface area contributed by atoms with Gasteiger partial charge in [0.25, 0.3) is 5.91 Å². The SMILES string of the molecule is CC(C)(C)OC(=O)N1Cc2cc(OCc3cnco3)ccc2CC1[C@H](O)CNC(=O)c1ccnc(NC2CCC2)c1. The molecule has 3 aromatic rings. The third kappa shape index (κ3) is 7.35. The first-order chi connectivity index (χ1) is 19.6. The quantitative estimate of drug-likeness (QED) is 0.352. The molecule has 0 saturated heterocycles. The number of fused-ring (bicyclic) bond motifs is 1. The van der Waals surface area contributed by atoms with Crippen LogP contribution in [0.2, 0.25) is 0 Å². The summed E-state index contributed by atoms with van der Waals surface area (Å²) < 4.78 is 16.7. The van der Waals surface area contributed by atoms with E-state index in [4.69, 9.17) is 13.9 Å². The maximum Gasteiger partial charge on any atom is 0.410 e. The van der Waals surface area contributed by atoms with Crippen molar-refractivity contribution in [2.24, 2.45) is 0 Å². The van der Waals surface area contributed by atoms with Gasteiger partial charge in [-0.25, -0.2) is 14.8 Å². The molecule has 1 aliphatic heterocycles. The van der Waals surface area contributed by atoms with E-state index in [1.807, 2.05) is 18.2 Å². The smallest absolute Gasteiger partial charge is 0.410 e. The standard InChI is InChI=1S/C30H37N5O6/c1-30(2,3)41-29(38)35-16-21-11-23(39-17-24-14-31-18-40-24)8-7-19(21)12-25(35)26(36)15-33-28(37)20-9-10-32-27(13-20)34-22-5-4-6-22/h7-11,13-14,18,22,25-26,36H,4-6,12,15-17H2,1-3H3,(H,32,34)(H,33,37)/t25?,26-/m1/s1. The molecule has 0 bridgehead atoms. The molecule has 218 valence electrons. The average molecular weight is 564 g/mol. The summed E-state index contributed by atoms with van der Waals surface area (Å²) in [5, 5.41) is 17.4. The third-order valence-electron chi connectivity index (χ3n) is 7.24. The van der Waals surface area contributed by atoms with Gasteiger partial charge in [0.2, 0.25) is 0 Å². The van der Waals surface area contributed by atoms with Crippen molar-refractivity contribution >= 4 is 17.8 Å². The first-order valence-corrected chi connectivity index (χ1v) is 13.9. The lowest BCUT2D eigenvalue weighted by Gasteiger charge is -2.40. The monoisotopic (exact) mass is 563 g/mol. The Hall–Kier alpha value is -4.12. The Morgan fingerprint density at radius 3 is 2.73 bits per heavy atom. The number of oxazole rings is 1. The number of nitrogens with one attached hydrogen (secondary N) is 2. The minimum absolute atomic E-state index is 0.0375. The van der Waals surface area contributed by atoms with E-state index in [9.17, 15) is 14.7 Å². The van der Waals surface area contributed by atoms with E-state index < -0.39 is 23.8 Å². The molecule has 2 atom stereocenters. The van der Waals surface area contributed by atoms with Crippen molar-refractivity contribution in [1.29, 1.82) is 0 Å². The van der Waals surface area contributed by atoms with Gasteiger partial charge < -0.3 is 29.6 Å². The lowest BCUT2D eigenvalue weighted by Crippen LogP contribution is -2.54. The van der Waals surface area contributed by atoms with Crippen LogP contribution in [-0.4, -0.2) is 62.3 Å². The molecule has 11 nitrogen and oxygen atoms in total. The molecule has 1 saturated carbocycles. The molecule has 5 rings (SSSR count). The van der Waals surface area contributed by atoms with Crippen LogP contribution in [-0.2, 0) is 24.3 Å². The minimum Gasteiger partial charge on any atom is -0.486 e. The topological polar surface area (TPSA) is 139 Å². The van der Waals surface area contributed by atoms with Crippen LogP contribution in [0.15, 0.2) is 53.5 Å². The number of hydrogen-bond acceptors (Lipinski definition) is 9. The molecule has 11 heteroatoms. The summed E-state index contributed by atoms with van der Waals surface area (Å²) in [6.45, 7) is 5.81. The van der Waals surface area contributed by atoms with Crippen molar-refractivity contribution in [1.82, 2.24) is 20.2 Å². The number of aromatic nitrogens is 2. The Kier molecular flexibility index (Phi) is 8.44. The Bertz CT molecular complexity index is 1350. The molecule has 2 aromatic heterocycles. The number of benzene rings is 1. The number of anilines is 1. The summed E-state index contributed by atoms with van der Waals surface area (Å²) in [6, 6.07) is 8.81. The highest BCUT2D eigenvalue weighted by Crippen LogP contribution is 2.30. The van der Waals surface area contributed by atoms with Crippen LogP contribution in [0.25, 0.3) is 0 Å². The van der Waals surface area contributed by atoms with Gasteiger partial charge in [0, 0.05) is 30.9 Å². The third-order valence-corrected chi connectivity index (χ3v) is 7.24. The zero-order valence-corrected chi connectivity index (χ0v) is 23.6. The van der Waals surface area contributed by atoms with Gasteiger partial charge in [-0.1, -0.05) is 6.07 Å². The molecule has 3 N–H and O–H groups in total. The number of carbonyl (C=O) groups is 2. The van der Waals surface area contributed by atoms with Gasteiger partial charge in [0.1, 0.15) is 23.8 Å². The minimum atomic E-state index is -1.03. The number of amides is 2. The molecule has 2 aliphatic rings. The molecule has 0 radical (unpaired) electrons. The lowest BCUT2D eigenvalue weighted by molar-refractivity contribution is -0.0113. The summed E-state index contributed by atoms with van der Waals surface area (Å²) in [4.78, 5) is 35.9. The van der Waals surface area contributed by atoms with E-state index in [1.165, 1.54) is 17.7 Å². The van der Waals surface area contributed by atoms with E-state index in [1.54, 1.807) is 45.3 Å². The molecule has 1 aliphatic carbocycles. The molecule has 1 aromatic carbocycles. The summed E-state index contributed by atoms with van der Waals surface area (Å²) >= 11 is 0. The van der Waals surface area contributed by atoms with Crippen LogP contribution >= 0.6 is 0 Å². The Morgan fingerprint density at radius 2 is 2.02 bits per heavy atom. The summed E-state index contributed by atoms with van der Waals surface area (Å²) in [7, 11) is 0. The summed E-state index contributed by atoms with van der Waals surface area (Å²) in [5.74, 6) is 1.56. The van der Waals surface area contributed by atoms with E-state index in [2.05, 4.69) is 20.6 Å². The molecule has 1 unspecified atom stereocenters. The maximum absolute atomic E-state index is 13.3. The van der Waals surface area contributed by atoms with Crippen LogP contribution in [0.5, 0.6) is 5.75 Å². The first-order valence-electron chi connectivity index (χ1n) is 13.9. The van der Waals surface area contributed by atoms with Crippen molar-refractivity contribution in [2.75, 3.05) is 11.9 Å². The van der Waals surface area contributed by atoms with Gasteiger partial charge in [0.15, 0.2) is 12.2 Å². The Labute approximate surface area is 239 Å². The van der Waals surface area contributed by atoms with Crippen molar-refractivity contribution in [2.45, 2.75) is 83.4 Å². The zero-order chi connectivity index (χ0) is 29.0. The number of hydrogen-bond donors (Lipinski definition) is 3. The molecule has 41 heavy (non-hydrogen) atoms. The molecule has 3 heterocycles. The van der Waals surface area contributed by atoms with Gasteiger partial charge in [-0.2, -0.15) is 0 Å². The number of aliphatic hydroxyl groups excluding tert-OH is 1. The number of ether oxygens (including phenoxy) is 2. The second kappa shape index (κ2) is 12.2. The van der Waals surface area contributed by atoms with Gasteiger partial charge in [-0.3, -0.25) is 9.69 Å². The number of pyridine rings is 1. The summed E-state index contributed by atoms with van der Waals surface area (Å²) in [5.41, 5.74) is 1.61. The van der Waals surface area contributed by atoms with E-state index in [-0.39, 0.29) is 25.6 Å². The highest BCUT2D eigenvalue weighted by Gasteiger charge is 2.37. The Morgan fingerprint density at radius 1 is 1.20 bits per heavy atom. The second-order valence-corrected chi connectivity index (χ2v) is 11.5. The normalized spacial score (nSPS) is 17.7. The van der Waals surface area contributed by atoms with Crippen LogP contribution in [0, 0.1) is 0 Å². The largest absolute Gasteiger partial charge is 0.486 e. The summed E-state index contributed by atoms with van der Waals surface area (Å²) in [6.07, 6.45) is 6.74. The predicted octanol–water partition coefficient (Wildman–Crippen LogP) is 4.07. The van der Waals surface area contributed by atoms with Crippen LogP contribution in [0.4, 0.5) is 10.6 Å². The molecular formula is C30H37N5O6. The van der Waals surface area contributed by atoms with Crippen molar-refractivity contribution in [3.05, 3.63) is 71.6 Å². The van der Waals surface area contributed by atoms with E-state index >= 15 is 0 Å². The maximum atomic E-state index is 13.3. The van der Waals surface area contributed by atoms with Gasteiger partial charge in [-0.15, -0.1) is 0 Å². The fraction of sp³-hybridized carbons (Fsp3) is 0.467. The highest BCUT2D eigenvalue weighted by atomic mass is 16.6. The fourth-order valence-corrected chi connectivity index (χ4v) is 4.85. The van der Waals surface area contributed by atoms with Gasteiger partial charge in [0.05, 0.1) is 18.3 Å². The number of nitrogens with zero attached hydrogens (tertiary/aromatic N) is 3. The molecule has 2 amide bonds. The van der Waals surface area contributed by atoms with Crippen LogP contribution in [0.1, 0.15) is 67.3 Å².